The van der Waals surface area contributed by atoms with E-state index >= 15 is 0 Å². The van der Waals surface area contributed by atoms with Crippen molar-refractivity contribution < 1.29 is 4.42 Å². The number of nitrogens with zero attached hydrogens (tertiary/aromatic N) is 1. The van der Waals surface area contributed by atoms with Crippen LogP contribution in [0.25, 0.3) is 33.0 Å². The second-order valence-corrected chi connectivity index (χ2v) is 6.55. The molecule has 3 aromatic carbocycles. The zero-order valence-electron chi connectivity index (χ0n) is 14.0. The minimum atomic E-state index is 0.833. The number of fused-ring (bicyclic) bond motifs is 4. The van der Waals surface area contributed by atoms with E-state index in [4.69, 9.17) is 9.40 Å². The summed E-state index contributed by atoms with van der Waals surface area (Å²) in [5.41, 5.74) is 7.51. The highest BCUT2D eigenvalue weighted by Crippen LogP contribution is 2.35. The number of benzene rings is 3. The van der Waals surface area contributed by atoms with Gasteiger partial charge in [0.1, 0.15) is 11.1 Å². The monoisotopic (exact) mass is 323 g/mol. The molecule has 0 aliphatic heterocycles. The van der Waals surface area contributed by atoms with Gasteiger partial charge in [0.25, 0.3) is 0 Å². The van der Waals surface area contributed by atoms with Gasteiger partial charge in [0.15, 0.2) is 5.58 Å². The maximum Gasteiger partial charge on any atom is 0.158 e. The topological polar surface area (TPSA) is 26.0 Å². The molecule has 0 fully saturated rings. The van der Waals surface area contributed by atoms with E-state index in [0.29, 0.717) is 0 Å². The lowest BCUT2D eigenvalue weighted by Crippen LogP contribution is -1.93. The van der Waals surface area contributed by atoms with Gasteiger partial charge in [-0.1, -0.05) is 54.1 Å². The summed E-state index contributed by atoms with van der Waals surface area (Å²) in [6, 6.07) is 25.1. The standard InChI is InChI=1S/C23H17NO/c1-15-11-12-20-18(13-15)19(14-16-7-3-2-4-8-16)23-22(24-20)17-9-5-6-10-21(17)25-23/h2-13H,14H2,1H3. The smallest absolute Gasteiger partial charge is 0.158 e. The van der Waals surface area contributed by atoms with Crippen LogP contribution in [0.15, 0.2) is 77.2 Å². The van der Waals surface area contributed by atoms with Crippen molar-refractivity contribution in [1.82, 2.24) is 4.98 Å². The molecular formula is C23H17NO. The first-order valence-electron chi connectivity index (χ1n) is 8.54. The first-order valence-corrected chi connectivity index (χ1v) is 8.54. The van der Waals surface area contributed by atoms with Gasteiger partial charge in [-0.3, -0.25) is 0 Å². The van der Waals surface area contributed by atoms with Crippen LogP contribution in [0, 0.1) is 6.92 Å². The summed E-state index contributed by atoms with van der Waals surface area (Å²) >= 11 is 0. The lowest BCUT2D eigenvalue weighted by molar-refractivity contribution is 0.664. The van der Waals surface area contributed by atoms with Gasteiger partial charge in [-0.15, -0.1) is 0 Å². The molecule has 2 nitrogen and oxygen atoms in total. The number of aromatic nitrogens is 1. The van der Waals surface area contributed by atoms with Crippen molar-refractivity contribution in [3.63, 3.8) is 0 Å². The molecule has 0 atom stereocenters. The molecule has 5 rings (SSSR count). The summed E-state index contributed by atoms with van der Waals surface area (Å²) in [7, 11) is 0. The number of hydrogen-bond donors (Lipinski definition) is 0. The predicted molar refractivity (Wildman–Crippen MR) is 103 cm³/mol. The molecule has 0 unspecified atom stereocenters. The first-order chi connectivity index (χ1) is 12.3. The second kappa shape index (κ2) is 5.45. The fourth-order valence-electron chi connectivity index (χ4n) is 3.55. The van der Waals surface area contributed by atoms with Crippen molar-refractivity contribution in [3.05, 3.63) is 89.5 Å². The summed E-state index contributed by atoms with van der Waals surface area (Å²) in [5, 5.41) is 2.25. The molecule has 0 spiro atoms. The molecule has 0 radical (unpaired) electrons. The van der Waals surface area contributed by atoms with Gasteiger partial charge >= 0.3 is 0 Å². The Morgan fingerprint density at radius 3 is 2.52 bits per heavy atom. The number of aryl methyl sites for hydroxylation is 1. The van der Waals surface area contributed by atoms with E-state index in [2.05, 4.69) is 61.5 Å². The SMILES string of the molecule is Cc1ccc2nc3c(oc4ccccc43)c(Cc3ccccc3)c2c1. The summed E-state index contributed by atoms with van der Waals surface area (Å²) in [5.74, 6) is 0. The molecule has 0 aliphatic rings. The number of furan rings is 1. The predicted octanol–water partition coefficient (Wildman–Crippen LogP) is 6.03. The van der Waals surface area contributed by atoms with E-state index in [9.17, 15) is 0 Å². The van der Waals surface area contributed by atoms with E-state index in [1.807, 2.05) is 18.2 Å². The lowest BCUT2D eigenvalue weighted by atomic mass is 9.98. The first kappa shape index (κ1) is 14.2. The zero-order valence-corrected chi connectivity index (χ0v) is 14.0. The highest BCUT2D eigenvalue weighted by Gasteiger charge is 2.16. The van der Waals surface area contributed by atoms with Crippen LogP contribution in [0.3, 0.4) is 0 Å². The Balaban J connectivity index is 1.90. The Morgan fingerprint density at radius 1 is 0.840 bits per heavy atom. The third-order valence-electron chi connectivity index (χ3n) is 4.78. The van der Waals surface area contributed by atoms with Crippen molar-refractivity contribution in [2.24, 2.45) is 0 Å². The van der Waals surface area contributed by atoms with Gasteiger partial charge in [0.05, 0.1) is 5.52 Å². The van der Waals surface area contributed by atoms with E-state index in [1.54, 1.807) is 0 Å². The number of para-hydroxylation sites is 1. The van der Waals surface area contributed by atoms with Crippen molar-refractivity contribution in [2.75, 3.05) is 0 Å². The zero-order chi connectivity index (χ0) is 16.8. The van der Waals surface area contributed by atoms with E-state index < -0.39 is 0 Å². The number of rotatable bonds is 2. The Labute approximate surface area is 145 Å². The molecule has 25 heavy (non-hydrogen) atoms. The van der Waals surface area contributed by atoms with E-state index in [-0.39, 0.29) is 0 Å². The quantitative estimate of drug-likeness (QED) is 0.396. The molecule has 5 aromatic rings. The van der Waals surface area contributed by atoms with E-state index in [1.165, 1.54) is 22.1 Å². The van der Waals surface area contributed by atoms with Crippen LogP contribution in [0.5, 0.6) is 0 Å². The highest BCUT2D eigenvalue weighted by molar-refractivity contribution is 6.08. The maximum absolute atomic E-state index is 6.24. The fourth-order valence-corrected chi connectivity index (χ4v) is 3.55. The van der Waals surface area contributed by atoms with Gasteiger partial charge < -0.3 is 4.42 Å². The van der Waals surface area contributed by atoms with Crippen LogP contribution in [0.1, 0.15) is 16.7 Å². The molecule has 120 valence electrons. The van der Waals surface area contributed by atoms with Crippen molar-refractivity contribution in [2.45, 2.75) is 13.3 Å². The van der Waals surface area contributed by atoms with Crippen LogP contribution in [-0.4, -0.2) is 4.98 Å². The number of hydrogen-bond acceptors (Lipinski definition) is 2. The van der Waals surface area contributed by atoms with Crippen LogP contribution >= 0.6 is 0 Å². The van der Waals surface area contributed by atoms with Crippen LogP contribution < -0.4 is 0 Å². The minimum absolute atomic E-state index is 0.833. The molecule has 0 saturated heterocycles. The normalized spacial score (nSPS) is 11.6. The molecule has 2 heterocycles. The molecular weight excluding hydrogens is 306 g/mol. The summed E-state index contributed by atoms with van der Waals surface area (Å²) in [4.78, 5) is 4.92. The van der Waals surface area contributed by atoms with Gasteiger partial charge in [-0.25, -0.2) is 4.98 Å². The fraction of sp³-hybridized carbons (Fsp3) is 0.0870. The Hall–Kier alpha value is -3.13. The third kappa shape index (κ3) is 2.30. The largest absolute Gasteiger partial charge is 0.454 e. The molecule has 2 heteroatoms. The van der Waals surface area contributed by atoms with Gasteiger partial charge in [0.2, 0.25) is 0 Å². The highest BCUT2D eigenvalue weighted by atomic mass is 16.3. The van der Waals surface area contributed by atoms with E-state index in [0.717, 1.165) is 34.0 Å². The van der Waals surface area contributed by atoms with Crippen LogP contribution in [-0.2, 0) is 6.42 Å². The minimum Gasteiger partial charge on any atom is -0.454 e. The average molecular weight is 323 g/mol. The average Bonchev–Trinajstić information content (AvgIpc) is 3.01. The van der Waals surface area contributed by atoms with Gasteiger partial charge in [0, 0.05) is 22.8 Å². The van der Waals surface area contributed by atoms with Crippen molar-refractivity contribution in [1.29, 1.82) is 0 Å². The van der Waals surface area contributed by atoms with Crippen molar-refractivity contribution in [3.8, 4) is 0 Å². The Morgan fingerprint density at radius 2 is 1.64 bits per heavy atom. The third-order valence-corrected chi connectivity index (χ3v) is 4.78. The summed E-state index contributed by atoms with van der Waals surface area (Å²) in [6.07, 6.45) is 0.833. The molecule has 0 aliphatic carbocycles. The Bertz CT molecular complexity index is 1220. The lowest BCUT2D eigenvalue weighted by Gasteiger charge is -2.08. The Kier molecular flexibility index (Phi) is 3.10. The molecule has 0 saturated carbocycles. The van der Waals surface area contributed by atoms with Crippen LogP contribution in [0.4, 0.5) is 0 Å². The molecule has 0 bridgehead atoms. The molecule has 0 N–H and O–H groups in total. The summed E-state index contributed by atoms with van der Waals surface area (Å²) < 4.78 is 6.24. The van der Waals surface area contributed by atoms with Crippen molar-refractivity contribution >= 4 is 33.0 Å². The summed E-state index contributed by atoms with van der Waals surface area (Å²) in [6.45, 7) is 2.12. The maximum atomic E-state index is 6.24. The number of pyridine rings is 1. The van der Waals surface area contributed by atoms with Gasteiger partial charge in [-0.05, 0) is 36.8 Å². The second-order valence-electron chi connectivity index (χ2n) is 6.55. The molecule has 2 aromatic heterocycles. The van der Waals surface area contributed by atoms with Crippen LogP contribution in [0.2, 0.25) is 0 Å². The van der Waals surface area contributed by atoms with Gasteiger partial charge in [-0.2, -0.15) is 0 Å². The molecule has 0 amide bonds.